The highest BCUT2D eigenvalue weighted by Gasteiger charge is 2.25. The standard InChI is InChI=1S/C21H15N3O2S/c22-14-17-6-4-8-19(12-17)16-24(20-9-2-1-3-10-20)27(25,26)21-11-5-7-18(13-21)15-23/h1-13H,16H2. The van der Waals surface area contributed by atoms with E-state index in [-0.39, 0.29) is 17.0 Å². The first-order chi connectivity index (χ1) is 13.0. The molecule has 0 N–H and O–H groups in total. The summed E-state index contributed by atoms with van der Waals surface area (Å²) in [6.45, 7) is 0.0681. The zero-order valence-electron chi connectivity index (χ0n) is 14.3. The molecule has 0 heterocycles. The lowest BCUT2D eigenvalue weighted by molar-refractivity contribution is 0.590. The van der Waals surface area contributed by atoms with Crippen molar-refractivity contribution in [3.8, 4) is 12.1 Å². The maximum atomic E-state index is 13.3. The Hall–Kier alpha value is -3.61. The topological polar surface area (TPSA) is 85.0 Å². The number of benzene rings is 3. The van der Waals surface area contributed by atoms with Crippen LogP contribution in [0.2, 0.25) is 0 Å². The number of hydrogen-bond acceptors (Lipinski definition) is 4. The SMILES string of the molecule is N#Cc1cccc(CN(c2ccccc2)S(=O)(=O)c2cccc(C#N)c2)c1. The molecule has 3 aromatic carbocycles. The molecule has 27 heavy (non-hydrogen) atoms. The molecule has 0 atom stereocenters. The molecule has 132 valence electrons. The number of hydrogen-bond donors (Lipinski definition) is 0. The van der Waals surface area contributed by atoms with Crippen molar-refractivity contribution in [2.45, 2.75) is 11.4 Å². The van der Waals surface area contributed by atoms with Crippen molar-refractivity contribution in [2.24, 2.45) is 0 Å². The lowest BCUT2D eigenvalue weighted by atomic mass is 10.1. The Balaban J connectivity index is 2.09. The number of nitriles is 2. The molecule has 3 rings (SSSR count). The van der Waals surface area contributed by atoms with Gasteiger partial charge in [0.25, 0.3) is 10.0 Å². The van der Waals surface area contributed by atoms with Gasteiger partial charge in [0.2, 0.25) is 0 Å². The third kappa shape index (κ3) is 3.98. The number of para-hydroxylation sites is 1. The molecule has 0 aliphatic carbocycles. The van der Waals surface area contributed by atoms with Gasteiger partial charge in [0.05, 0.1) is 40.4 Å². The average molecular weight is 373 g/mol. The van der Waals surface area contributed by atoms with Gasteiger partial charge in [0.15, 0.2) is 0 Å². The zero-order valence-corrected chi connectivity index (χ0v) is 15.1. The van der Waals surface area contributed by atoms with Gasteiger partial charge in [-0.2, -0.15) is 10.5 Å². The molecule has 0 aliphatic heterocycles. The number of sulfonamides is 1. The van der Waals surface area contributed by atoms with Gasteiger partial charge in [-0.15, -0.1) is 0 Å². The first kappa shape index (κ1) is 18.2. The van der Waals surface area contributed by atoms with E-state index in [1.165, 1.54) is 16.4 Å². The predicted octanol–water partition coefficient (Wildman–Crippen LogP) is 3.83. The molecule has 0 saturated carbocycles. The molecule has 0 amide bonds. The van der Waals surface area contributed by atoms with E-state index in [1.807, 2.05) is 6.07 Å². The summed E-state index contributed by atoms with van der Waals surface area (Å²) in [7, 11) is -3.91. The Morgan fingerprint density at radius 2 is 1.41 bits per heavy atom. The highest BCUT2D eigenvalue weighted by Crippen LogP contribution is 2.26. The third-order valence-electron chi connectivity index (χ3n) is 3.98. The Kier molecular flexibility index (Phi) is 5.21. The van der Waals surface area contributed by atoms with Crippen LogP contribution in [0.25, 0.3) is 0 Å². The summed E-state index contributed by atoms with van der Waals surface area (Å²) >= 11 is 0. The Morgan fingerprint density at radius 1 is 0.778 bits per heavy atom. The van der Waals surface area contributed by atoms with Gasteiger partial charge in [-0.3, -0.25) is 4.31 Å². The lowest BCUT2D eigenvalue weighted by Gasteiger charge is -2.25. The monoisotopic (exact) mass is 373 g/mol. The van der Waals surface area contributed by atoms with Crippen molar-refractivity contribution in [2.75, 3.05) is 4.31 Å². The van der Waals surface area contributed by atoms with Crippen molar-refractivity contribution in [3.63, 3.8) is 0 Å². The van der Waals surface area contributed by atoms with Crippen LogP contribution in [-0.2, 0) is 16.6 Å². The highest BCUT2D eigenvalue weighted by molar-refractivity contribution is 7.92. The second kappa shape index (κ2) is 7.74. The fourth-order valence-electron chi connectivity index (χ4n) is 2.67. The van der Waals surface area contributed by atoms with Crippen LogP contribution in [0.15, 0.2) is 83.8 Å². The van der Waals surface area contributed by atoms with Crippen LogP contribution >= 0.6 is 0 Å². The minimum atomic E-state index is -3.91. The summed E-state index contributed by atoms with van der Waals surface area (Å²) in [5.41, 5.74) is 1.93. The summed E-state index contributed by atoms with van der Waals surface area (Å²) < 4.78 is 27.9. The average Bonchev–Trinajstić information content (AvgIpc) is 2.72. The van der Waals surface area contributed by atoms with E-state index in [2.05, 4.69) is 6.07 Å². The van der Waals surface area contributed by atoms with Crippen LogP contribution in [0, 0.1) is 22.7 Å². The van der Waals surface area contributed by atoms with Crippen molar-refractivity contribution in [1.29, 1.82) is 10.5 Å². The highest BCUT2D eigenvalue weighted by atomic mass is 32.2. The van der Waals surface area contributed by atoms with E-state index in [0.29, 0.717) is 16.8 Å². The molecule has 0 unspecified atom stereocenters. The largest absolute Gasteiger partial charge is 0.264 e. The molecule has 0 radical (unpaired) electrons. The molecule has 6 heteroatoms. The van der Waals surface area contributed by atoms with Crippen molar-refractivity contribution < 1.29 is 8.42 Å². The number of nitrogens with zero attached hydrogens (tertiary/aromatic N) is 3. The van der Waals surface area contributed by atoms with Gasteiger partial charge in [-0.1, -0.05) is 36.4 Å². The van der Waals surface area contributed by atoms with Gasteiger partial charge in [0, 0.05) is 0 Å². The molecule has 0 bridgehead atoms. The number of rotatable bonds is 5. The van der Waals surface area contributed by atoms with Gasteiger partial charge in [0.1, 0.15) is 0 Å². The summed E-state index contributed by atoms with van der Waals surface area (Å²) in [4.78, 5) is 0.0434. The Morgan fingerprint density at radius 3 is 2.07 bits per heavy atom. The first-order valence-corrected chi connectivity index (χ1v) is 9.55. The van der Waals surface area contributed by atoms with Crippen LogP contribution in [-0.4, -0.2) is 8.42 Å². The molecule has 0 aromatic heterocycles. The number of anilines is 1. The van der Waals surface area contributed by atoms with E-state index >= 15 is 0 Å². The van der Waals surface area contributed by atoms with Gasteiger partial charge in [-0.05, 0) is 48.0 Å². The maximum absolute atomic E-state index is 13.3. The molecular weight excluding hydrogens is 358 g/mol. The van der Waals surface area contributed by atoms with Gasteiger partial charge < -0.3 is 0 Å². The van der Waals surface area contributed by atoms with E-state index in [9.17, 15) is 8.42 Å². The normalized spacial score (nSPS) is 10.6. The van der Waals surface area contributed by atoms with E-state index in [4.69, 9.17) is 10.5 Å². The van der Waals surface area contributed by atoms with Crippen molar-refractivity contribution in [3.05, 3.63) is 95.6 Å². The van der Waals surface area contributed by atoms with Crippen molar-refractivity contribution in [1.82, 2.24) is 0 Å². The second-order valence-electron chi connectivity index (χ2n) is 5.80. The summed E-state index contributed by atoms with van der Waals surface area (Å²) in [5, 5.41) is 18.2. The van der Waals surface area contributed by atoms with Crippen LogP contribution < -0.4 is 4.31 Å². The quantitative estimate of drug-likeness (QED) is 0.680. The predicted molar refractivity (Wildman–Crippen MR) is 102 cm³/mol. The van der Waals surface area contributed by atoms with Gasteiger partial charge in [-0.25, -0.2) is 8.42 Å². The fraction of sp³-hybridized carbons (Fsp3) is 0.0476. The van der Waals surface area contributed by atoms with E-state index in [1.54, 1.807) is 66.7 Å². The van der Waals surface area contributed by atoms with E-state index in [0.717, 1.165) is 0 Å². The fourth-order valence-corrected chi connectivity index (χ4v) is 4.17. The summed E-state index contributed by atoms with van der Waals surface area (Å²) in [6.07, 6.45) is 0. The van der Waals surface area contributed by atoms with Crippen LogP contribution in [0.5, 0.6) is 0 Å². The second-order valence-corrected chi connectivity index (χ2v) is 7.66. The van der Waals surface area contributed by atoms with Crippen LogP contribution in [0.1, 0.15) is 16.7 Å². The van der Waals surface area contributed by atoms with E-state index < -0.39 is 10.0 Å². The molecule has 5 nitrogen and oxygen atoms in total. The maximum Gasteiger partial charge on any atom is 0.264 e. The van der Waals surface area contributed by atoms with Gasteiger partial charge >= 0.3 is 0 Å². The third-order valence-corrected chi connectivity index (χ3v) is 5.75. The minimum absolute atomic E-state index is 0.0434. The molecule has 0 fully saturated rings. The zero-order chi connectivity index (χ0) is 19.3. The Bertz CT molecular complexity index is 1140. The summed E-state index contributed by atoms with van der Waals surface area (Å²) in [6, 6.07) is 25.5. The van der Waals surface area contributed by atoms with Crippen LogP contribution in [0.3, 0.4) is 0 Å². The molecule has 0 saturated heterocycles. The molecule has 0 spiro atoms. The lowest BCUT2D eigenvalue weighted by Crippen LogP contribution is -2.30. The molecule has 0 aliphatic rings. The first-order valence-electron chi connectivity index (χ1n) is 8.11. The Labute approximate surface area is 158 Å². The molecule has 3 aromatic rings. The van der Waals surface area contributed by atoms with Crippen LogP contribution in [0.4, 0.5) is 5.69 Å². The smallest absolute Gasteiger partial charge is 0.262 e. The van der Waals surface area contributed by atoms with Crippen molar-refractivity contribution >= 4 is 15.7 Å². The minimum Gasteiger partial charge on any atom is -0.262 e. The molecular formula is C21H15N3O2S. The summed E-state index contributed by atoms with van der Waals surface area (Å²) in [5.74, 6) is 0.